The summed E-state index contributed by atoms with van der Waals surface area (Å²) in [6.45, 7) is 0. The van der Waals surface area contributed by atoms with Gasteiger partial charge in [-0.2, -0.15) is 5.26 Å². The minimum absolute atomic E-state index is 0.0864. The van der Waals surface area contributed by atoms with Crippen molar-refractivity contribution in [3.8, 4) is 6.07 Å². The first-order valence-electron chi connectivity index (χ1n) is 7.23. The van der Waals surface area contributed by atoms with Crippen LogP contribution in [-0.4, -0.2) is 26.9 Å². The Morgan fingerprint density at radius 2 is 1.88 bits per heavy atom. The number of hydrogen-bond acceptors (Lipinski definition) is 6. The number of nitriles is 1. The van der Waals surface area contributed by atoms with Gasteiger partial charge in [0.1, 0.15) is 22.4 Å². The van der Waals surface area contributed by atoms with E-state index in [1.165, 1.54) is 29.2 Å². The predicted octanol–water partition coefficient (Wildman–Crippen LogP) is 4.58. The molecule has 1 heterocycles. The first-order chi connectivity index (χ1) is 12.1. The molecular formula is C18H12N2O3S2. The number of carboxylic acids is 1. The largest absolute Gasteiger partial charge is 0.510 e. The third kappa shape index (κ3) is 3.65. The summed E-state index contributed by atoms with van der Waals surface area (Å²) in [6.07, 6.45) is 0. The lowest BCUT2D eigenvalue weighted by Gasteiger charge is -2.06. The molecule has 7 heteroatoms. The molecule has 0 saturated heterocycles. The first kappa shape index (κ1) is 17.0. The van der Waals surface area contributed by atoms with Gasteiger partial charge >= 0.3 is 5.97 Å². The number of fused-ring (bicyclic) bond motifs is 1. The number of nitrogens with zero attached hydrogens (tertiary/aromatic N) is 2. The Hall–Kier alpha value is -2.82. The number of para-hydroxylation sites is 1. The van der Waals surface area contributed by atoms with Crippen LogP contribution in [0, 0.1) is 11.3 Å². The van der Waals surface area contributed by atoms with Gasteiger partial charge < -0.3 is 10.2 Å². The number of aromatic carboxylic acids is 1. The summed E-state index contributed by atoms with van der Waals surface area (Å²) < 4.78 is 0.932. The lowest BCUT2D eigenvalue weighted by molar-refractivity contribution is 0.0693. The van der Waals surface area contributed by atoms with Crippen molar-refractivity contribution in [3.63, 3.8) is 0 Å². The Morgan fingerprint density at radius 1 is 1.16 bits per heavy atom. The number of aromatic nitrogens is 1. The van der Waals surface area contributed by atoms with E-state index in [1.807, 2.05) is 30.3 Å². The van der Waals surface area contributed by atoms with Gasteiger partial charge in [0.15, 0.2) is 0 Å². The van der Waals surface area contributed by atoms with Crippen molar-refractivity contribution in [1.29, 1.82) is 5.26 Å². The summed E-state index contributed by atoms with van der Waals surface area (Å²) in [5.41, 5.74) is 1.05. The van der Waals surface area contributed by atoms with E-state index in [1.54, 1.807) is 18.2 Å². The van der Waals surface area contributed by atoms with E-state index in [0.29, 0.717) is 9.90 Å². The Labute approximate surface area is 151 Å². The lowest BCUT2D eigenvalue weighted by Crippen LogP contribution is -1.99. The lowest BCUT2D eigenvalue weighted by atomic mass is 10.2. The van der Waals surface area contributed by atoms with Gasteiger partial charge in [-0.1, -0.05) is 24.3 Å². The summed E-state index contributed by atoms with van der Waals surface area (Å²) in [5, 5.41) is 29.4. The number of thioether (sulfide) groups is 1. The van der Waals surface area contributed by atoms with Crippen LogP contribution in [0.4, 0.5) is 0 Å². The van der Waals surface area contributed by atoms with Crippen LogP contribution in [0.1, 0.15) is 15.4 Å². The van der Waals surface area contributed by atoms with Crippen molar-refractivity contribution in [2.45, 2.75) is 4.90 Å². The number of carboxylic acid groups (broad SMARTS) is 1. The molecule has 5 nitrogen and oxygen atoms in total. The molecule has 0 radical (unpaired) electrons. The highest BCUT2D eigenvalue weighted by Crippen LogP contribution is 2.30. The van der Waals surface area contributed by atoms with Crippen LogP contribution in [0.25, 0.3) is 15.8 Å². The van der Waals surface area contributed by atoms with E-state index in [9.17, 15) is 20.3 Å². The molecule has 25 heavy (non-hydrogen) atoms. The third-order valence-corrected chi connectivity index (χ3v) is 5.53. The average molecular weight is 368 g/mol. The minimum Gasteiger partial charge on any atom is -0.510 e. The molecule has 3 rings (SSSR count). The summed E-state index contributed by atoms with van der Waals surface area (Å²) in [7, 11) is 0. The van der Waals surface area contributed by atoms with Crippen molar-refractivity contribution in [2.24, 2.45) is 0 Å². The van der Waals surface area contributed by atoms with E-state index in [2.05, 4.69) is 4.98 Å². The van der Waals surface area contributed by atoms with Gasteiger partial charge in [0.25, 0.3) is 0 Å². The van der Waals surface area contributed by atoms with Crippen LogP contribution >= 0.6 is 23.1 Å². The van der Waals surface area contributed by atoms with Crippen LogP contribution < -0.4 is 0 Å². The van der Waals surface area contributed by atoms with Crippen molar-refractivity contribution in [1.82, 2.24) is 4.98 Å². The van der Waals surface area contributed by atoms with E-state index in [4.69, 9.17) is 0 Å². The van der Waals surface area contributed by atoms with Gasteiger partial charge in [-0.3, -0.25) is 0 Å². The van der Waals surface area contributed by atoms with Crippen molar-refractivity contribution in [3.05, 3.63) is 64.9 Å². The number of hydrogen-bond donors (Lipinski definition) is 2. The molecule has 0 atom stereocenters. The summed E-state index contributed by atoms with van der Waals surface area (Å²) in [6, 6.07) is 16.0. The minimum atomic E-state index is -1.03. The second-order valence-corrected chi connectivity index (χ2v) is 7.06. The fraction of sp³-hybridized carbons (Fsp3) is 0.0556. The number of aliphatic hydroxyl groups excluding tert-OH is 1. The fourth-order valence-electron chi connectivity index (χ4n) is 2.20. The van der Waals surface area contributed by atoms with E-state index >= 15 is 0 Å². The second kappa shape index (κ2) is 7.38. The molecule has 0 saturated carbocycles. The zero-order valence-corrected chi connectivity index (χ0v) is 14.5. The monoisotopic (exact) mass is 368 g/mol. The van der Waals surface area contributed by atoms with E-state index < -0.39 is 5.97 Å². The number of thiazole rings is 1. The molecule has 2 aromatic carbocycles. The number of rotatable bonds is 5. The van der Waals surface area contributed by atoms with Crippen molar-refractivity contribution >= 4 is 44.9 Å². The molecule has 0 amide bonds. The number of allylic oxidation sites excluding steroid dienone is 1. The maximum Gasteiger partial charge on any atom is 0.336 e. The van der Waals surface area contributed by atoms with Gasteiger partial charge in [0.05, 0.1) is 21.5 Å². The van der Waals surface area contributed by atoms with Gasteiger partial charge in [-0.15, -0.1) is 23.1 Å². The number of benzene rings is 2. The smallest absolute Gasteiger partial charge is 0.336 e. The van der Waals surface area contributed by atoms with E-state index in [-0.39, 0.29) is 22.6 Å². The maximum atomic E-state index is 11.2. The average Bonchev–Trinajstić information content (AvgIpc) is 3.04. The zero-order chi connectivity index (χ0) is 17.8. The molecule has 1 aromatic heterocycles. The van der Waals surface area contributed by atoms with Gasteiger partial charge in [-0.05, 0) is 24.3 Å². The zero-order valence-electron chi connectivity index (χ0n) is 12.8. The quantitative estimate of drug-likeness (QED) is 0.389. The SMILES string of the molecule is N#CC(=C(O)CSc1ccccc1C(=O)O)c1nc2ccccc2s1. The molecule has 0 fully saturated rings. The molecule has 0 aliphatic heterocycles. The molecular weight excluding hydrogens is 356 g/mol. The van der Waals surface area contributed by atoms with Gasteiger partial charge in [0, 0.05) is 4.90 Å². The highest BCUT2D eigenvalue weighted by atomic mass is 32.2. The Morgan fingerprint density at radius 3 is 2.60 bits per heavy atom. The molecule has 0 aliphatic rings. The van der Waals surface area contributed by atoms with Crippen LogP contribution in [-0.2, 0) is 0 Å². The molecule has 0 spiro atoms. The van der Waals surface area contributed by atoms with Crippen molar-refractivity contribution < 1.29 is 15.0 Å². The predicted molar refractivity (Wildman–Crippen MR) is 98.9 cm³/mol. The number of carbonyl (C=O) groups is 1. The number of aliphatic hydroxyl groups is 1. The fourth-order valence-corrected chi connectivity index (χ4v) is 4.11. The van der Waals surface area contributed by atoms with Crippen LogP contribution in [0.2, 0.25) is 0 Å². The Balaban J connectivity index is 1.88. The molecule has 3 aromatic rings. The van der Waals surface area contributed by atoms with Crippen LogP contribution in [0.5, 0.6) is 0 Å². The second-order valence-electron chi connectivity index (χ2n) is 5.01. The van der Waals surface area contributed by atoms with Crippen molar-refractivity contribution in [2.75, 3.05) is 5.75 Å². The van der Waals surface area contributed by atoms with Gasteiger partial charge in [0.2, 0.25) is 0 Å². The van der Waals surface area contributed by atoms with Crippen LogP contribution in [0.15, 0.2) is 59.2 Å². The normalized spacial score (nSPS) is 11.8. The highest BCUT2D eigenvalue weighted by molar-refractivity contribution is 7.99. The summed E-state index contributed by atoms with van der Waals surface area (Å²) in [4.78, 5) is 16.1. The molecule has 124 valence electrons. The first-order valence-corrected chi connectivity index (χ1v) is 9.03. The maximum absolute atomic E-state index is 11.2. The third-order valence-electron chi connectivity index (χ3n) is 3.39. The van der Waals surface area contributed by atoms with Gasteiger partial charge in [-0.25, -0.2) is 9.78 Å². The summed E-state index contributed by atoms with van der Waals surface area (Å²) in [5.74, 6) is -1.06. The van der Waals surface area contributed by atoms with Crippen LogP contribution in [0.3, 0.4) is 0 Å². The summed E-state index contributed by atoms with van der Waals surface area (Å²) >= 11 is 2.50. The topological polar surface area (TPSA) is 94.2 Å². The Bertz CT molecular complexity index is 985. The van der Waals surface area contributed by atoms with E-state index in [0.717, 1.165) is 10.2 Å². The molecule has 0 aliphatic carbocycles. The molecule has 0 bridgehead atoms. The standard InChI is InChI=1S/C18H12N2O3S2/c19-9-12(17-20-13-6-2-4-8-16(13)25-17)14(21)10-24-15-7-3-1-5-11(15)18(22)23/h1-8,21H,10H2,(H,22,23). The molecule has 0 unspecified atom stereocenters. The Kier molecular flexibility index (Phi) is 5.03. The molecule has 2 N–H and O–H groups in total. The highest BCUT2D eigenvalue weighted by Gasteiger charge is 2.15.